The lowest BCUT2D eigenvalue weighted by atomic mass is 10.1. The van der Waals surface area contributed by atoms with Gasteiger partial charge in [-0.05, 0) is 56.5 Å². The molecule has 2 aromatic rings. The highest BCUT2D eigenvalue weighted by atomic mass is 32.2. The van der Waals surface area contributed by atoms with Crippen molar-refractivity contribution in [3.8, 4) is 11.1 Å². The Labute approximate surface area is 185 Å². The van der Waals surface area contributed by atoms with Crippen LogP contribution in [-0.4, -0.2) is 79.1 Å². The first kappa shape index (κ1) is 22.2. The standard InChI is InChI=1S/C23H32N4O3S/c1-18(2)25-13-15-26(16-14-25)23-8-5-20(17-24-23)19-3-6-22(7-4-19)31(29,30)27-11-9-21(28)10-12-27/h3-8,17-18,21,28H,9-16H2,1-2H3. The number of aliphatic hydroxyl groups excluding tert-OH is 1. The number of sulfonamides is 1. The lowest BCUT2D eigenvalue weighted by Crippen LogP contribution is -2.49. The highest BCUT2D eigenvalue weighted by Gasteiger charge is 2.28. The van der Waals surface area contributed by atoms with Gasteiger partial charge in [0.25, 0.3) is 0 Å². The van der Waals surface area contributed by atoms with Crippen LogP contribution in [0.25, 0.3) is 11.1 Å². The molecule has 1 N–H and O–H groups in total. The predicted octanol–water partition coefficient (Wildman–Crippen LogP) is 2.42. The zero-order valence-electron chi connectivity index (χ0n) is 18.3. The van der Waals surface area contributed by atoms with Gasteiger partial charge in [0.15, 0.2) is 0 Å². The average Bonchev–Trinajstić information content (AvgIpc) is 2.80. The fourth-order valence-electron chi connectivity index (χ4n) is 4.26. The molecule has 2 saturated heterocycles. The van der Waals surface area contributed by atoms with Crippen LogP contribution in [0, 0.1) is 0 Å². The summed E-state index contributed by atoms with van der Waals surface area (Å²) in [5, 5.41) is 9.63. The van der Waals surface area contributed by atoms with Crippen LogP contribution in [-0.2, 0) is 10.0 Å². The minimum atomic E-state index is -3.52. The number of piperazine rings is 1. The van der Waals surface area contributed by atoms with Gasteiger partial charge in [-0.2, -0.15) is 4.31 Å². The Morgan fingerprint density at radius 1 is 0.903 bits per heavy atom. The molecule has 7 nitrogen and oxygen atoms in total. The smallest absolute Gasteiger partial charge is 0.243 e. The van der Waals surface area contributed by atoms with E-state index in [0.717, 1.165) is 43.1 Å². The summed E-state index contributed by atoms with van der Waals surface area (Å²) in [6.07, 6.45) is 2.44. The van der Waals surface area contributed by atoms with E-state index >= 15 is 0 Å². The zero-order valence-corrected chi connectivity index (χ0v) is 19.1. The summed E-state index contributed by atoms with van der Waals surface area (Å²) in [6, 6.07) is 11.7. The van der Waals surface area contributed by atoms with E-state index in [1.165, 1.54) is 4.31 Å². The van der Waals surface area contributed by atoms with Crippen molar-refractivity contribution < 1.29 is 13.5 Å². The van der Waals surface area contributed by atoms with Crippen LogP contribution in [0.2, 0.25) is 0 Å². The molecule has 3 heterocycles. The molecule has 0 atom stereocenters. The number of rotatable bonds is 5. The Balaban J connectivity index is 1.42. The second-order valence-electron chi connectivity index (χ2n) is 8.68. The summed E-state index contributed by atoms with van der Waals surface area (Å²) >= 11 is 0. The number of hydrogen-bond donors (Lipinski definition) is 1. The normalized spacial score (nSPS) is 19.8. The van der Waals surface area contributed by atoms with Crippen LogP contribution >= 0.6 is 0 Å². The van der Waals surface area contributed by atoms with E-state index < -0.39 is 16.1 Å². The number of aromatic nitrogens is 1. The van der Waals surface area contributed by atoms with E-state index in [1.807, 2.05) is 30.5 Å². The molecule has 0 bridgehead atoms. The molecule has 1 aromatic heterocycles. The molecular formula is C23H32N4O3S. The second kappa shape index (κ2) is 9.24. The van der Waals surface area contributed by atoms with Crippen LogP contribution in [0.1, 0.15) is 26.7 Å². The van der Waals surface area contributed by atoms with Crippen LogP contribution < -0.4 is 4.90 Å². The van der Waals surface area contributed by atoms with Crippen LogP contribution in [0.4, 0.5) is 5.82 Å². The number of anilines is 1. The van der Waals surface area contributed by atoms with Gasteiger partial charge in [0.2, 0.25) is 10.0 Å². The largest absolute Gasteiger partial charge is 0.393 e. The van der Waals surface area contributed by atoms with Gasteiger partial charge in [0.05, 0.1) is 11.0 Å². The SMILES string of the molecule is CC(C)N1CCN(c2ccc(-c3ccc(S(=O)(=O)N4CCC(O)CC4)cc3)cn2)CC1. The van der Waals surface area contributed by atoms with Gasteiger partial charge in [-0.3, -0.25) is 4.90 Å². The highest BCUT2D eigenvalue weighted by molar-refractivity contribution is 7.89. The van der Waals surface area contributed by atoms with Crippen molar-refractivity contribution in [3.05, 3.63) is 42.6 Å². The molecule has 0 aliphatic carbocycles. The highest BCUT2D eigenvalue weighted by Crippen LogP contribution is 2.26. The van der Waals surface area contributed by atoms with Crippen LogP contribution in [0.15, 0.2) is 47.5 Å². The molecule has 2 fully saturated rings. The summed E-state index contributed by atoms with van der Waals surface area (Å²) < 4.78 is 27.2. The number of hydrogen-bond acceptors (Lipinski definition) is 6. The molecular weight excluding hydrogens is 412 g/mol. The van der Waals surface area contributed by atoms with Crippen molar-refractivity contribution in [2.75, 3.05) is 44.2 Å². The zero-order chi connectivity index (χ0) is 22.0. The van der Waals surface area contributed by atoms with Gasteiger partial charge in [-0.25, -0.2) is 13.4 Å². The monoisotopic (exact) mass is 444 g/mol. The maximum atomic E-state index is 12.8. The molecule has 0 amide bonds. The number of pyridine rings is 1. The average molecular weight is 445 g/mol. The second-order valence-corrected chi connectivity index (χ2v) is 10.6. The molecule has 4 rings (SSSR count). The van der Waals surface area contributed by atoms with E-state index in [-0.39, 0.29) is 0 Å². The topological polar surface area (TPSA) is 77.0 Å². The van der Waals surface area contributed by atoms with Crippen molar-refractivity contribution in [1.29, 1.82) is 0 Å². The van der Waals surface area contributed by atoms with Crippen LogP contribution in [0.3, 0.4) is 0 Å². The first-order valence-corrected chi connectivity index (χ1v) is 12.5. The Kier molecular flexibility index (Phi) is 6.62. The number of aliphatic hydroxyl groups is 1. The molecule has 2 aliphatic heterocycles. The molecule has 0 radical (unpaired) electrons. The van der Waals surface area contributed by atoms with Gasteiger partial charge >= 0.3 is 0 Å². The maximum Gasteiger partial charge on any atom is 0.243 e. The Bertz CT molecular complexity index is 961. The summed E-state index contributed by atoms with van der Waals surface area (Å²) in [6.45, 7) is 9.24. The van der Waals surface area contributed by atoms with E-state index in [1.54, 1.807) is 12.1 Å². The van der Waals surface area contributed by atoms with E-state index in [2.05, 4.69) is 28.6 Å². The molecule has 31 heavy (non-hydrogen) atoms. The molecule has 0 saturated carbocycles. The maximum absolute atomic E-state index is 12.8. The molecule has 168 valence electrons. The quantitative estimate of drug-likeness (QED) is 0.763. The predicted molar refractivity (Wildman–Crippen MR) is 123 cm³/mol. The summed E-state index contributed by atoms with van der Waals surface area (Å²) in [5.41, 5.74) is 1.91. The molecule has 8 heteroatoms. The number of nitrogens with zero attached hydrogens (tertiary/aromatic N) is 4. The van der Waals surface area contributed by atoms with Crippen molar-refractivity contribution >= 4 is 15.8 Å². The van der Waals surface area contributed by atoms with Crippen molar-refractivity contribution in [1.82, 2.24) is 14.2 Å². The Morgan fingerprint density at radius 2 is 1.52 bits per heavy atom. The van der Waals surface area contributed by atoms with Gasteiger partial charge in [0.1, 0.15) is 5.82 Å². The van der Waals surface area contributed by atoms with Gasteiger partial charge in [0, 0.05) is 57.1 Å². The van der Waals surface area contributed by atoms with Crippen LogP contribution in [0.5, 0.6) is 0 Å². The van der Waals surface area contributed by atoms with Gasteiger partial charge in [-0.1, -0.05) is 12.1 Å². The first-order valence-electron chi connectivity index (χ1n) is 11.1. The third-order valence-electron chi connectivity index (χ3n) is 6.37. The van der Waals surface area contributed by atoms with Crippen molar-refractivity contribution in [3.63, 3.8) is 0 Å². The third-order valence-corrected chi connectivity index (χ3v) is 8.28. The van der Waals surface area contributed by atoms with E-state index in [0.29, 0.717) is 36.9 Å². The molecule has 2 aliphatic rings. The number of piperidine rings is 1. The lowest BCUT2D eigenvalue weighted by Gasteiger charge is -2.37. The summed E-state index contributed by atoms with van der Waals surface area (Å²) in [4.78, 5) is 9.74. The van der Waals surface area contributed by atoms with Gasteiger partial charge in [-0.15, -0.1) is 0 Å². The summed E-state index contributed by atoms with van der Waals surface area (Å²) in [5.74, 6) is 0.985. The fraction of sp³-hybridized carbons (Fsp3) is 0.522. The lowest BCUT2D eigenvalue weighted by molar-refractivity contribution is 0.113. The van der Waals surface area contributed by atoms with Gasteiger partial charge < -0.3 is 10.0 Å². The minimum Gasteiger partial charge on any atom is -0.393 e. The van der Waals surface area contributed by atoms with Crippen molar-refractivity contribution in [2.24, 2.45) is 0 Å². The van der Waals surface area contributed by atoms with Crippen molar-refractivity contribution in [2.45, 2.75) is 43.7 Å². The molecule has 1 aromatic carbocycles. The molecule has 0 unspecified atom stereocenters. The van der Waals surface area contributed by atoms with E-state index in [9.17, 15) is 13.5 Å². The third kappa shape index (κ3) is 4.92. The van der Waals surface area contributed by atoms with E-state index in [4.69, 9.17) is 0 Å². The number of benzene rings is 1. The molecule has 0 spiro atoms. The summed E-state index contributed by atoms with van der Waals surface area (Å²) in [7, 11) is -3.52. The minimum absolute atomic E-state index is 0.292. The fourth-order valence-corrected chi connectivity index (χ4v) is 5.73. The Hall–Kier alpha value is -2.00. The Morgan fingerprint density at radius 3 is 2.06 bits per heavy atom. The first-order chi connectivity index (χ1) is 14.8.